The molecule has 1 fully saturated rings. The van der Waals surface area contributed by atoms with E-state index in [1.54, 1.807) is 11.3 Å². The molecule has 0 unspecified atom stereocenters. The fourth-order valence-corrected chi connectivity index (χ4v) is 5.60. The highest BCUT2D eigenvalue weighted by atomic mass is 35.5. The molecule has 0 aliphatic carbocycles. The van der Waals surface area contributed by atoms with Crippen molar-refractivity contribution in [3.05, 3.63) is 56.8 Å². The number of fused-ring (bicyclic) bond motifs is 3. The van der Waals surface area contributed by atoms with E-state index in [4.69, 9.17) is 4.74 Å². The van der Waals surface area contributed by atoms with Gasteiger partial charge in [0.25, 0.3) is 5.91 Å². The third kappa shape index (κ3) is 2.87. The smallest absolute Gasteiger partial charge is 0.264 e. The van der Waals surface area contributed by atoms with Gasteiger partial charge in [0.05, 0.1) is 17.1 Å². The molecule has 6 heteroatoms. The van der Waals surface area contributed by atoms with Gasteiger partial charge in [-0.15, -0.1) is 23.7 Å². The third-order valence-electron chi connectivity index (χ3n) is 5.76. The summed E-state index contributed by atoms with van der Waals surface area (Å²) in [6.45, 7) is 4.20. The second-order valence-corrected chi connectivity index (χ2v) is 8.36. The number of hydrogen-bond acceptors (Lipinski definition) is 4. The zero-order chi connectivity index (χ0) is 16.9. The molecule has 1 spiro atoms. The lowest BCUT2D eigenvalue weighted by Gasteiger charge is -2.40. The van der Waals surface area contributed by atoms with Gasteiger partial charge in [-0.05, 0) is 48.7 Å². The lowest BCUT2D eigenvalue weighted by molar-refractivity contribution is -0.0792. The van der Waals surface area contributed by atoms with Crippen LogP contribution in [0.15, 0.2) is 30.3 Å². The minimum atomic E-state index is -0.165. The molecule has 1 aromatic carbocycles. The first-order valence-corrected chi connectivity index (χ1v) is 9.91. The molecule has 3 aliphatic heterocycles. The van der Waals surface area contributed by atoms with Gasteiger partial charge in [0.1, 0.15) is 0 Å². The number of nitrogens with zero attached hydrogens (tertiary/aromatic N) is 1. The summed E-state index contributed by atoms with van der Waals surface area (Å²) in [5, 5.41) is 3.42. The first-order chi connectivity index (χ1) is 12.3. The summed E-state index contributed by atoms with van der Waals surface area (Å²) in [7, 11) is 0. The Morgan fingerprint density at radius 1 is 1.15 bits per heavy atom. The number of carbonyl (C=O) groups is 1. The van der Waals surface area contributed by atoms with Crippen LogP contribution in [-0.2, 0) is 29.8 Å². The highest BCUT2D eigenvalue weighted by Crippen LogP contribution is 2.44. The Balaban J connectivity index is 0.00000168. The van der Waals surface area contributed by atoms with Crippen molar-refractivity contribution in [1.29, 1.82) is 0 Å². The lowest BCUT2D eigenvalue weighted by atomic mass is 9.83. The number of piperidine rings is 1. The summed E-state index contributed by atoms with van der Waals surface area (Å²) in [6.07, 6.45) is 2.93. The largest absolute Gasteiger partial charge is 0.370 e. The molecule has 1 aromatic heterocycles. The molecule has 1 amide bonds. The molecule has 4 nitrogen and oxygen atoms in total. The van der Waals surface area contributed by atoms with Gasteiger partial charge in [-0.25, -0.2) is 0 Å². The van der Waals surface area contributed by atoms with Crippen LogP contribution in [0, 0.1) is 0 Å². The number of thiophene rings is 1. The van der Waals surface area contributed by atoms with Gasteiger partial charge in [0.15, 0.2) is 0 Å². The van der Waals surface area contributed by atoms with Crippen LogP contribution in [0.5, 0.6) is 0 Å². The molecule has 0 saturated carbocycles. The summed E-state index contributed by atoms with van der Waals surface area (Å²) >= 11 is 1.69. The second kappa shape index (κ2) is 6.97. The van der Waals surface area contributed by atoms with Crippen LogP contribution >= 0.6 is 23.7 Å². The van der Waals surface area contributed by atoms with Crippen LogP contribution in [0.4, 0.5) is 0 Å². The van der Waals surface area contributed by atoms with Gasteiger partial charge in [-0.1, -0.05) is 24.3 Å². The maximum atomic E-state index is 13.1. The molecule has 26 heavy (non-hydrogen) atoms. The van der Waals surface area contributed by atoms with E-state index < -0.39 is 0 Å². The fourth-order valence-electron chi connectivity index (χ4n) is 4.40. The van der Waals surface area contributed by atoms with Crippen molar-refractivity contribution in [3.63, 3.8) is 0 Å². The maximum Gasteiger partial charge on any atom is 0.264 e. The van der Waals surface area contributed by atoms with Gasteiger partial charge in [-0.2, -0.15) is 0 Å². The highest BCUT2D eigenvalue weighted by molar-refractivity contribution is 7.14. The van der Waals surface area contributed by atoms with Crippen molar-refractivity contribution in [2.24, 2.45) is 0 Å². The van der Waals surface area contributed by atoms with Crippen LogP contribution in [0.2, 0.25) is 0 Å². The SMILES string of the molecule is Cl.O=C(c1cc2c(s1)CCOC21CCNCC1)N1Cc2ccccc2C1. The fraction of sp³-hybridized carbons (Fsp3) is 0.450. The van der Waals surface area contributed by atoms with E-state index in [1.807, 2.05) is 4.90 Å². The van der Waals surface area contributed by atoms with Gasteiger partial charge >= 0.3 is 0 Å². The standard InChI is InChI=1S/C20H22N2O2S.ClH/c23-19(22-12-14-3-1-2-4-15(14)13-22)18-11-16-17(25-18)5-10-24-20(16)6-8-21-9-7-20;/h1-4,11,21H,5-10,12-13H2;1H. The lowest BCUT2D eigenvalue weighted by Crippen LogP contribution is -2.44. The quantitative estimate of drug-likeness (QED) is 0.810. The van der Waals surface area contributed by atoms with Gasteiger partial charge < -0.3 is 15.0 Å². The number of halogens is 1. The number of amides is 1. The number of benzene rings is 1. The Labute approximate surface area is 163 Å². The van der Waals surface area contributed by atoms with Crippen molar-refractivity contribution < 1.29 is 9.53 Å². The Bertz CT molecular complexity index is 804. The first kappa shape index (κ1) is 18.0. The molecule has 0 bridgehead atoms. The molecule has 0 atom stereocenters. The van der Waals surface area contributed by atoms with Crippen molar-refractivity contribution >= 4 is 29.7 Å². The average molecular weight is 391 g/mol. The first-order valence-electron chi connectivity index (χ1n) is 9.09. The van der Waals surface area contributed by atoms with Gasteiger partial charge in [0, 0.05) is 24.4 Å². The van der Waals surface area contributed by atoms with E-state index in [0.29, 0.717) is 0 Å². The number of nitrogens with one attached hydrogen (secondary N) is 1. The van der Waals surface area contributed by atoms with E-state index in [0.717, 1.165) is 56.9 Å². The Morgan fingerprint density at radius 2 is 1.85 bits per heavy atom. The number of hydrogen-bond donors (Lipinski definition) is 1. The molecule has 5 rings (SSSR count). The minimum Gasteiger partial charge on any atom is -0.370 e. The van der Waals surface area contributed by atoms with E-state index in [-0.39, 0.29) is 23.9 Å². The molecular formula is C20H23ClN2O2S. The van der Waals surface area contributed by atoms with Crippen molar-refractivity contribution in [2.45, 2.75) is 38.0 Å². The Hall–Kier alpha value is -1.40. The predicted molar refractivity (Wildman–Crippen MR) is 105 cm³/mol. The molecule has 0 radical (unpaired) electrons. The molecular weight excluding hydrogens is 368 g/mol. The zero-order valence-electron chi connectivity index (χ0n) is 14.6. The van der Waals surface area contributed by atoms with Crippen LogP contribution in [0.25, 0.3) is 0 Å². The van der Waals surface area contributed by atoms with Crippen LogP contribution < -0.4 is 5.32 Å². The highest BCUT2D eigenvalue weighted by Gasteiger charge is 2.41. The minimum absolute atomic E-state index is 0. The maximum absolute atomic E-state index is 13.1. The molecule has 1 saturated heterocycles. The van der Waals surface area contributed by atoms with Gasteiger partial charge in [0.2, 0.25) is 0 Å². The summed E-state index contributed by atoms with van der Waals surface area (Å²) in [6, 6.07) is 10.5. The number of ether oxygens (including phenoxy) is 1. The van der Waals surface area contributed by atoms with E-state index in [1.165, 1.54) is 21.6 Å². The van der Waals surface area contributed by atoms with Crippen molar-refractivity contribution in [3.8, 4) is 0 Å². The second-order valence-electron chi connectivity index (χ2n) is 7.22. The number of rotatable bonds is 1. The molecule has 138 valence electrons. The van der Waals surface area contributed by atoms with Crippen LogP contribution in [0.3, 0.4) is 0 Å². The summed E-state index contributed by atoms with van der Waals surface area (Å²) in [4.78, 5) is 17.3. The van der Waals surface area contributed by atoms with Crippen molar-refractivity contribution in [2.75, 3.05) is 19.7 Å². The predicted octanol–water partition coefficient (Wildman–Crippen LogP) is 3.48. The average Bonchev–Trinajstić information content (AvgIpc) is 3.27. The van der Waals surface area contributed by atoms with E-state index in [9.17, 15) is 4.79 Å². The van der Waals surface area contributed by atoms with Gasteiger partial charge in [-0.3, -0.25) is 4.79 Å². The third-order valence-corrected chi connectivity index (χ3v) is 6.94. The monoisotopic (exact) mass is 390 g/mol. The molecule has 2 aromatic rings. The molecule has 1 N–H and O–H groups in total. The summed E-state index contributed by atoms with van der Waals surface area (Å²) in [5.41, 5.74) is 3.66. The van der Waals surface area contributed by atoms with Crippen LogP contribution in [0.1, 0.15) is 44.1 Å². The Kier molecular flexibility index (Phi) is 4.82. The number of carbonyl (C=O) groups excluding carboxylic acids is 1. The molecule has 3 aliphatic rings. The van der Waals surface area contributed by atoms with Crippen molar-refractivity contribution in [1.82, 2.24) is 10.2 Å². The topological polar surface area (TPSA) is 41.6 Å². The van der Waals surface area contributed by atoms with E-state index in [2.05, 4.69) is 35.6 Å². The van der Waals surface area contributed by atoms with Crippen LogP contribution in [-0.4, -0.2) is 30.5 Å². The summed E-state index contributed by atoms with van der Waals surface area (Å²) < 4.78 is 6.24. The summed E-state index contributed by atoms with van der Waals surface area (Å²) in [5.74, 6) is 0.166. The normalized spacial score (nSPS) is 20.4. The van der Waals surface area contributed by atoms with E-state index >= 15 is 0 Å². The Morgan fingerprint density at radius 3 is 2.54 bits per heavy atom. The molecule has 4 heterocycles. The zero-order valence-corrected chi connectivity index (χ0v) is 16.3.